The molecular weight excluding hydrogens is 426 g/mol. The van der Waals surface area contributed by atoms with Gasteiger partial charge in [-0.05, 0) is 53.1 Å². The molecule has 1 aliphatic rings. The van der Waals surface area contributed by atoms with E-state index in [0.717, 1.165) is 16.7 Å². The number of benzene rings is 3. The minimum absolute atomic E-state index is 0.151. The Morgan fingerprint density at radius 1 is 0.812 bits per heavy atom. The van der Waals surface area contributed by atoms with Gasteiger partial charge in [0.2, 0.25) is 0 Å². The standard InChI is InChI=1S/C25H23NO5S/c1-30-19-12-8-18(9-13-19)24-21(17-10-14-20(15-11-17)32(3,28)29)16-26(25(24)27)22-6-4-5-7-23(22)31-2/h4-15H,16H2,1-3H3. The molecule has 0 aliphatic carbocycles. The lowest BCUT2D eigenvalue weighted by molar-refractivity contribution is -0.112. The second-order valence-electron chi connectivity index (χ2n) is 7.44. The van der Waals surface area contributed by atoms with E-state index in [1.165, 1.54) is 6.26 Å². The van der Waals surface area contributed by atoms with Gasteiger partial charge in [-0.3, -0.25) is 4.79 Å². The summed E-state index contributed by atoms with van der Waals surface area (Å²) in [5, 5.41) is 0. The molecule has 0 aromatic heterocycles. The number of amides is 1. The SMILES string of the molecule is COc1ccc(C2=C(c3ccc(S(C)(=O)=O)cc3)CN(c3ccccc3OC)C2=O)cc1. The third kappa shape index (κ3) is 3.99. The third-order valence-corrected chi connectivity index (χ3v) is 6.59. The summed E-state index contributed by atoms with van der Waals surface area (Å²) >= 11 is 0. The molecule has 0 N–H and O–H groups in total. The number of carbonyl (C=O) groups is 1. The monoisotopic (exact) mass is 449 g/mol. The van der Waals surface area contributed by atoms with Crippen molar-refractivity contribution in [2.24, 2.45) is 0 Å². The van der Waals surface area contributed by atoms with Crippen LogP contribution in [0.25, 0.3) is 11.1 Å². The molecule has 164 valence electrons. The molecule has 1 heterocycles. The van der Waals surface area contributed by atoms with Crippen LogP contribution in [0, 0.1) is 0 Å². The van der Waals surface area contributed by atoms with Crippen LogP contribution in [-0.4, -0.2) is 41.3 Å². The van der Waals surface area contributed by atoms with Crippen LogP contribution in [-0.2, 0) is 14.6 Å². The molecule has 4 rings (SSSR count). The van der Waals surface area contributed by atoms with Gasteiger partial charge in [-0.25, -0.2) is 8.42 Å². The number of carbonyl (C=O) groups excluding carboxylic acids is 1. The lowest BCUT2D eigenvalue weighted by Gasteiger charge is -2.20. The molecule has 0 saturated carbocycles. The smallest absolute Gasteiger partial charge is 0.259 e. The zero-order valence-electron chi connectivity index (χ0n) is 18.0. The second-order valence-corrected chi connectivity index (χ2v) is 9.46. The molecule has 0 unspecified atom stereocenters. The van der Waals surface area contributed by atoms with Crippen LogP contribution in [0.15, 0.2) is 77.7 Å². The van der Waals surface area contributed by atoms with Crippen LogP contribution in [0.2, 0.25) is 0 Å². The van der Waals surface area contributed by atoms with E-state index in [1.807, 2.05) is 48.5 Å². The summed E-state index contributed by atoms with van der Waals surface area (Å²) in [7, 11) is -0.152. The number of nitrogens with zero attached hydrogens (tertiary/aromatic N) is 1. The van der Waals surface area contributed by atoms with E-state index in [4.69, 9.17) is 9.47 Å². The third-order valence-electron chi connectivity index (χ3n) is 5.46. The fourth-order valence-corrected chi connectivity index (χ4v) is 4.45. The summed E-state index contributed by atoms with van der Waals surface area (Å²) in [5.74, 6) is 1.14. The van der Waals surface area contributed by atoms with Crippen LogP contribution >= 0.6 is 0 Å². The van der Waals surface area contributed by atoms with Gasteiger partial charge in [0.25, 0.3) is 5.91 Å². The quantitative estimate of drug-likeness (QED) is 0.567. The minimum Gasteiger partial charge on any atom is -0.497 e. The fraction of sp³-hybridized carbons (Fsp3) is 0.160. The van der Waals surface area contributed by atoms with Crippen molar-refractivity contribution in [3.63, 3.8) is 0 Å². The average molecular weight is 450 g/mol. The van der Waals surface area contributed by atoms with Gasteiger partial charge in [0.15, 0.2) is 9.84 Å². The predicted octanol–water partition coefficient (Wildman–Crippen LogP) is 4.06. The van der Waals surface area contributed by atoms with Crippen molar-refractivity contribution < 1.29 is 22.7 Å². The van der Waals surface area contributed by atoms with Crippen molar-refractivity contribution in [2.45, 2.75) is 4.90 Å². The first-order chi connectivity index (χ1) is 15.3. The van der Waals surface area contributed by atoms with Crippen molar-refractivity contribution in [3.8, 4) is 11.5 Å². The largest absolute Gasteiger partial charge is 0.497 e. The Morgan fingerprint density at radius 2 is 1.44 bits per heavy atom. The Bertz CT molecular complexity index is 1290. The number of sulfone groups is 1. The number of rotatable bonds is 6. The van der Waals surface area contributed by atoms with E-state index in [9.17, 15) is 13.2 Å². The normalized spacial score (nSPS) is 14.1. The Kier molecular flexibility index (Phi) is 5.76. The van der Waals surface area contributed by atoms with Crippen molar-refractivity contribution in [2.75, 3.05) is 31.9 Å². The Morgan fingerprint density at radius 3 is 2.03 bits per heavy atom. The topological polar surface area (TPSA) is 72.9 Å². The summed E-state index contributed by atoms with van der Waals surface area (Å²) in [6.07, 6.45) is 1.17. The van der Waals surface area contributed by atoms with E-state index in [-0.39, 0.29) is 10.8 Å². The molecule has 0 radical (unpaired) electrons. The summed E-state index contributed by atoms with van der Waals surface area (Å²) in [5.41, 5.74) is 3.59. The molecule has 1 amide bonds. The molecular formula is C25H23NO5S. The number of ether oxygens (including phenoxy) is 2. The molecule has 1 aliphatic heterocycles. The second kappa shape index (κ2) is 8.51. The molecule has 7 heteroatoms. The summed E-state index contributed by atoms with van der Waals surface area (Å²) in [6.45, 7) is 0.332. The maximum Gasteiger partial charge on any atom is 0.259 e. The van der Waals surface area contributed by atoms with Gasteiger partial charge in [0, 0.05) is 6.26 Å². The molecule has 32 heavy (non-hydrogen) atoms. The highest BCUT2D eigenvalue weighted by Crippen LogP contribution is 2.40. The van der Waals surface area contributed by atoms with E-state index >= 15 is 0 Å². The van der Waals surface area contributed by atoms with Crippen LogP contribution in [0.3, 0.4) is 0 Å². The highest BCUT2D eigenvalue weighted by atomic mass is 32.2. The summed E-state index contributed by atoms with van der Waals surface area (Å²) < 4.78 is 34.5. The van der Waals surface area contributed by atoms with E-state index in [2.05, 4.69) is 0 Å². The summed E-state index contributed by atoms with van der Waals surface area (Å²) in [6, 6.07) is 21.3. The van der Waals surface area contributed by atoms with E-state index in [1.54, 1.807) is 43.4 Å². The van der Waals surface area contributed by atoms with Gasteiger partial charge in [-0.1, -0.05) is 36.4 Å². The van der Waals surface area contributed by atoms with Crippen molar-refractivity contribution >= 4 is 32.6 Å². The highest BCUT2D eigenvalue weighted by molar-refractivity contribution is 7.90. The number of hydrogen-bond acceptors (Lipinski definition) is 5. The number of para-hydroxylation sites is 2. The Balaban J connectivity index is 1.84. The zero-order valence-corrected chi connectivity index (χ0v) is 18.8. The van der Waals surface area contributed by atoms with Crippen LogP contribution < -0.4 is 14.4 Å². The number of methoxy groups -OCH3 is 2. The van der Waals surface area contributed by atoms with Gasteiger partial charge in [0.1, 0.15) is 11.5 Å². The molecule has 0 spiro atoms. The van der Waals surface area contributed by atoms with E-state index in [0.29, 0.717) is 29.3 Å². The van der Waals surface area contributed by atoms with Gasteiger partial charge < -0.3 is 14.4 Å². The number of hydrogen-bond donors (Lipinski definition) is 0. The highest BCUT2D eigenvalue weighted by Gasteiger charge is 2.34. The van der Waals surface area contributed by atoms with E-state index < -0.39 is 9.84 Å². The Labute approximate surface area is 187 Å². The number of anilines is 1. The van der Waals surface area contributed by atoms with Gasteiger partial charge in [-0.15, -0.1) is 0 Å². The molecule has 3 aromatic rings. The minimum atomic E-state index is -3.31. The van der Waals surface area contributed by atoms with Crippen LogP contribution in [0.4, 0.5) is 5.69 Å². The summed E-state index contributed by atoms with van der Waals surface area (Å²) in [4.78, 5) is 15.5. The Hall–Kier alpha value is -3.58. The lowest BCUT2D eigenvalue weighted by atomic mass is 9.97. The van der Waals surface area contributed by atoms with Crippen LogP contribution in [0.1, 0.15) is 11.1 Å². The molecule has 0 fully saturated rings. The molecule has 6 nitrogen and oxygen atoms in total. The van der Waals surface area contributed by atoms with Gasteiger partial charge in [-0.2, -0.15) is 0 Å². The lowest BCUT2D eigenvalue weighted by Crippen LogP contribution is -2.26. The molecule has 0 atom stereocenters. The molecule has 0 bridgehead atoms. The van der Waals surface area contributed by atoms with Crippen LogP contribution in [0.5, 0.6) is 11.5 Å². The van der Waals surface area contributed by atoms with Gasteiger partial charge >= 0.3 is 0 Å². The average Bonchev–Trinajstić information content (AvgIpc) is 3.15. The van der Waals surface area contributed by atoms with Crippen molar-refractivity contribution in [1.82, 2.24) is 0 Å². The zero-order chi connectivity index (χ0) is 22.9. The first-order valence-corrected chi connectivity index (χ1v) is 11.9. The van der Waals surface area contributed by atoms with Crippen molar-refractivity contribution in [1.29, 1.82) is 0 Å². The molecule has 3 aromatic carbocycles. The maximum atomic E-state index is 13.6. The first kappa shape index (κ1) is 21.6. The first-order valence-electron chi connectivity index (χ1n) is 9.96. The fourth-order valence-electron chi connectivity index (χ4n) is 3.81. The predicted molar refractivity (Wildman–Crippen MR) is 125 cm³/mol. The molecule has 0 saturated heterocycles. The maximum absolute atomic E-state index is 13.6. The van der Waals surface area contributed by atoms with Gasteiger partial charge in [0.05, 0.1) is 36.9 Å². The van der Waals surface area contributed by atoms with Crippen molar-refractivity contribution in [3.05, 3.63) is 83.9 Å².